The summed E-state index contributed by atoms with van der Waals surface area (Å²) < 4.78 is 6.37. The van der Waals surface area contributed by atoms with Crippen LogP contribution < -0.4 is 4.90 Å². The van der Waals surface area contributed by atoms with E-state index in [9.17, 15) is 0 Å². The van der Waals surface area contributed by atoms with Crippen LogP contribution in [0.5, 0.6) is 0 Å². The van der Waals surface area contributed by atoms with Gasteiger partial charge >= 0.3 is 0 Å². The lowest BCUT2D eigenvalue weighted by Gasteiger charge is -2.26. The first-order valence-electron chi connectivity index (χ1n) is 19.2. The quantitative estimate of drug-likeness (QED) is 0.160. The van der Waals surface area contributed by atoms with E-state index >= 15 is 0 Å². The molecule has 56 heavy (non-hydrogen) atoms. The number of para-hydroxylation sites is 3. The van der Waals surface area contributed by atoms with Crippen LogP contribution in [0.1, 0.15) is 0 Å². The van der Waals surface area contributed by atoms with Gasteiger partial charge in [-0.3, -0.25) is 0 Å². The topological polar surface area (TPSA) is 16.4 Å². The molecule has 0 aliphatic carbocycles. The molecule has 0 aliphatic rings. The Morgan fingerprint density at radius 1 is 0.268 bits per heavy atom. The van der Waals surface area contributed by atoms with E-state index in [-0.39, 0.29) is 0 Å². The minimum atomic E-state index is 0.910. The van der Waals surface area contributed by atoms with Crippen molar-refractivity contribution in [1.29, 1.82) is 0 Å². The van der Waals surface area contributed by atoms with Crippen molar-refractivity contribution < 1.29 is 4.42 Å². The predicted molar refractivity (Wildman–Crippen MR) is 237 cm³/mol. The summed E-state index contributed by atoms with van der Waals surface area (Å²) in [4.78, 5) is 2.31. The Morgan fingerprint density at radius 3 is 1.41 bits per heavy atom. The Hall–Kier alpha value is -7.42. The zero-order valence-electron chi connectivity index (χ0n) is 30.6. The number of nitrogens with zero attached hydrogens (tertiary/aromatic N) is 1. The fraction of sp³-hybridized carbons (Fsp3) is 0. The van der Waals surface area contributed by atoms with Gasteiger partial charge in [-0.25, -0.2) is 0 Å². The number of benzene rings is 10. The van der Waals surface area contributed by atoms with Crippen molar-refractivity contribution in [2.24, 2.45) is 0 Å². The van der Waals surface area contributed by atoms with Gasteiger partial charge in [0.15, 0.2) is 0 Å². The van der Waals surface area contributed by atoms with Gasteiger partial charge in [-0.15, -0.1) is 0 Å². The second-order valence-electron chi connectivity index (χ2n) is 14.5. The Balaban J connectivity index is 0.936. The largest absolute Gasteiger partial charge is 0.455 e. The van der Waals surface area contributed by atoms with Crippen LogP contribution in [-0.2, 0) is 0 Å². The van der Waals surface area contributed by atoms with Gasteiger partial charge in [0.05, 0.1) is 0 Å². The summed E-state index contributed by atoms with van der Waals surface area (Å²) in [5.74, 6) is 0. The summed E-state index contributed by atoms with van der Waals surface area (Å²) in [7, 11) is 0. The van der Waals surface area contributed by atoms with E-state index in [1.165, 1.54) is 54.6 Å². The number of fused-ring (bicyclic) bond motifs is 9. The molecule has 0 radical (unpaired) electrons. The molecule has 0 atom stereocenters. The van der Waals surface area contributed by atoms with Gasteiger partial charge in [-0.2, -0.15) is 0 Å². The smallest absolute Gasteiger partial charge is 0.143 e. The van der Waals surface area contributed by atoms with E-state index < -0.39 is 0 Å². The maximum atomic E-state index is 6.37. The molecule has 0 N–H and O–H groups in total. The van der Waals surface area contributed by atoms with E-state index in [4.69, 9.17) is 4.42 Å². The van der Waals surface area contributed by atoms with Gasteiger partial charge in [0.1, 0.15) is 11.2 Å². The van der Waals surface area contributed by atoms with E-state index in [2.05, 4.69) is 205 Å². The summed E-state index contributed by atoms with van der Waals surface area (Å²) >= 11 is 0. The van der Waals surface area contributed by atoms with Gasteiger partial charge in [-0.1, -0.05) is 158 Å². The molecule has 0 bridgehead atoms. The average molecular weight is 714 g/mol. The number of hydrogen-bond donors (Lipinski definition) is 0. The summed E-state index contributed by atoms with van der Waals surface area (Å²) in [6.07, 6.45) is 0. The molecule has 0 saturated carbocycles. The zero-order valence-corrected chi connectivity index (χ0v) is 30.6. The normalized spacial score (nSPS) is 11.6. The Morgan fingerprint density at radius 2 is 0.732 bits per heavy atom. The van der Waals surface area contributed by atoms with Gasteiger partial charge in [0, 0.05) is 33.4 Å². The highest BCUT2D eigenvalue weighted by Crippen LogP contribution is 2.41. The van der Waals surface area contributed by atoms with Crippen LogP contribution in [0.25, 0.3) is 87.6 Å². The van der Waals surface area contributed by atoms with E-state index in [0.29, 0.717) is 0 Å². The SMILES string of the molecule is c1ccc(N(c2ccc(-c3cccc(-c4ccc5c6ccccc6c6ccccc6c5c4)c3)cc2)c2ccc(-c3cccc4c3oc3ccccc34)cc2)cc1. The number of furan rings is 1. The highest BCUT2D eigenvalue weighted by molar-refractivity contribution is 6.25. The molecule has 2 nitrogen and oxygen atoms in total. The lowest BCUT2D eigenvalue weighted by molar-refractivity contribution is 0.670. The van der Waals surface area contributed by atoms with Crippen LogP contribution >= 0.6 is 0 Å². The third-order valence-electron chi connectivity index (χ3n) is 11.3. The monoisotopic (exact) mass is 713 g/mol. The van der Waals surface area contributed by atoms with Crippen LogP contribution in [0.3, 0.4) is 0 Å². The molecule has 0 amide bonds. The molecule has 262 valence electrons. The minimum Gasteiger partial charge on any atom is -0.455 e. The lowest BCUT2D eigenvalue weighted by Crippen LogP contribution is -2.09. The third kappa shape index (κ3) is 5.34. The molecule has 11 rings (SSSR count). The van der Waals surface area contributed by atoms with E-state index in [1.54, 1.807) is 0 Å². The van der Waals surface area contributed by atoms with Crippen LogP contribution in [0.15, 0.2) is 217 Å². The van der Waals surface area contributed by atoms with Gasteiger partial charge in [-0.05, 0) is 115 Å². The van der Waals surface area contributed by atoms with Crippen molar-refractivity contribution in [2.45, 2.75) is 0 Å². The summed E-state index contributed by atoms with van der Waals surface area (Å²) in [5.41, 5.74) is 12.1. The van der Waals surface area contributed by atoms with Crippen molar-refractivity contribution in [3.63, 3.8) is 0 Å². The van der Waals surface area contributed by atoms with E-state index in [1.807, 2.05) is 12.1 Å². The molecule has 1 heterocycles. The maximum Gasteiger partial charge on any atom is 0.143 e. The van der Waals surface area contributed by atoms with Crippen LogP contribution in [-0.4, -0.2) is 0 Å². The highest BCUT2D eigenvalue weighted by atomic mass is 16.3. The fourth-order valence-corrected chi connectivity index (χ4v) is 8.56. The third-order valence-corrected chi connectivity index (χ3v) is 11.3. The number of rotatable bonds is 6. The molecule has 0 saturated heterocycles. The molecule has 0 unspecified atom stereocenters. The molecule has 11 aromatic rings. The zero-order chi connectivity index (χ0) is 37.0. The van der Waals surface area contributed by atoms with Crippen molar-refractivity contribution in [2.75, 3.05) is 4.90 Å². The van der Waals surface area contributed by atoms with Crippen molar-refractivity contribution >= 4 is 71.3 Å². The summed E-state index contributed by atoms with van der Waals surface area (Å²) in [5, 5.41) is 10.0. The summed E-state index contributed by atoms with van der Waals surface area (Å²) in [6, 6.07) is 76.3. The van der Waals surface area contributed by atoms with Crippen molar-refractivity contribution in [1.82, 2.24) is 0 Å². The van der Waals surface area contributed by atoms with Crippen LogP contribution in [0, 0.1) is 0 Å². The molecule has 2 heteroatoms. The maximum absolute atomic E-state index is 6.37. The van der Waals surface area contributed by atoms with Crippen molar-refractivity contribution in [3.8, 4) is 33.4 Å². The van der Waals surface area contributed by atoms with Gasteiger partial charge in [0.25, 0.3) is 0 Å². The summed E-state index contributed by atoms with van der Waals surface area (Å²) in [6.45, 7) is 0. The first-order valence-corrected chi connectivity index (χ1v) is 19.2. The van der Waals surface area contributed by atoms with E-state index in [0.717, 1.165) is 50.1 Å². The average Bonchev–Trinajstić information content (AvgIpc) is 3.67. The lowest BCUT2D eigenvalue weighted by atomic mass is 9.91. The van der Waals surface area contributed by atoms with Crippen LogP contribution in [0.2, 0.25) is 0 Å². The van der Waals surface area contributed by atoms with Crippen LogP contribution in [0.4, 0.5) is 17.1 Å². The first-order chi connectivity index (χ1) is 27.8. The molecule has 1 aromatic heterocycles. The molecule has 0 fully saturated rings. The molecule has 0 aliphatic heterocycles. The Labute approximate surface area is 325 Å². The second kappa shape index (κ2) is 13.2. The molecule has 10 aromatic carbocycles. The Kier molecular flexibility index (Phi) is 7.53. The number of anilines is 3. The first kappa shape index (κ1) is 32.0. The van der Waals surface area contributed by atoms with Crippen molar-refractivity contribution in [3.05, 3.63) is 212 Å². The fourth-order valence-electron chi connectivity index (χ4n) is 8.56. The second-order valence-corrected chi connectivity index (χ2v) is 14.5. The minimum absolute atomic E-state index is 0.910. The molecular formula is C54H35NO. The molecular weight excluding hydrogens is 679 g/mol. The Bertz CT molecular complexity index is 3200. The highest BCUT2D eigenvalue weighted by Gasteiger charge is 2.16. The molecule has 0 spiro atoms. The predicted octanol–water partition coefficient (Wildman–Crippen LogP) is 15.5. The number of hydrogen-bond acceptors (Lipinski definition) is 2. The van der Waals surface area contributed by atoms with Gasteiger partial charge < -0.3 is 9.32 Å². The van der Waals surface area contributed by atoms with Gasteiger partial charge in [0.2, 0.25) is 0 Å². The standard InChI is InChI=1S/C54H35NO/c1-2-14-41(15-3-1)55(43-31-26-37(27-32-43)44-21-11-22-51-50-20-8-9-23-53(50)56-54(44)51)42-29-24-36(25-30-42)38-12-10-13-39(34-38)40-28-33-49-47-18-5-4-16-45(47)46-17-6-7-19-48(46)52(49)35-40/h1-35H.